The molecule has 7 heteroatoms. The molecule has 0 spiro atoms. The Balaban J connectivity index is 1.67. The van der Waals surface area contributed by atoms with Crippen molar-refractivity contribution in [2.45, 2.75) is 24.6 Å². The first-order valence-corrected chi connectivity index (χ1v) is 8.96. The summed E-state index contributed by atoms with van der Waals surface area (Å²) in [6.07, 6.45) is 2.09. The van der Waals surface area contributed by atoms with Crippen LogP contribution in [0.1, 0.15) is 18.4 Å². The maximum atomic E-state index is 12.4. The van der Waals surface area contributed by atoms with E-state index in [2.05, 4.69) is 0 Å². The van der Waals surface area contributed by atoms with Crippen LogP contribution in [0.15, 0.2) is 24.3 Å². The molecule has 114 valence electrons. The van der Waals surface area contributed by atoms with Gasteiger partial charge in [0.2, 0.25) is 15.9 Å². The number of sulfonamides is 1. The Morgan fingerprint density at radius 3 is 2.38 bits per heavy atom. The van der Waals surface area contributed by atoms with Crippen LogP contribution in [0.4, 0.5) is 0 Å². The van der Waals surface area contributed by atoms with Crippen molar-refractivity contribution in [2.24, 2.45) is 0 Å². The highest BCUT2D eigenvalue weighted by atomic mass is 35.5. The molecule has 1 saturated carbocycles. The molecule has 1 aromatic carbocycles. The molecule has 1 heterocycles. The molecule has 0 N–H and O–H groups in total. The van der Waals surface area contributed by atoms with Gasteiger partial charge >= 0.3 is 0 Å². The minimum absolute atomic E-state index is 0.0353. The molecular formula is C14H17ClN2O3S. The van der Waals surface area contributed by atoms with Gasteiger partial charge in [-0.25, -0.2) is 8.42 Å². The summed E-state index contributed by atoms with van der Waals surface area (Å²) >= 11 is 5.79. The molecule has 1 saturated heterocycles. The van der Waals surface area contributed by atoms with E-state index in [-0.39, 0.29) is 18.2 Å². The van der Waals surface area contributed by atoms with Crippen molar-refractivity contribution in [3.63, 3.8) is 0 Å². The zero-order valence-corrected chi connectivity index (χ0v) is 13.1. The van der Waals surface area contributed by atoms with Gasteiger partial charge in [0.05, 0.1) is 12.3 Å². The molecule has 0 bridgehead atoms. The highest BCUT2D eigenvalue weighted by molar-refractivity contribution is 7.88. The van der Waals surface area contributed by atoms with Crippen molar-refractivity contribution in [3.8, 4) is 0 Å². The monoisotopic (exact) mass is 328 g/mol. The van der Waals surface area contributed by atoms with Crippen LogP contribution in [0.2, 0.25) is 5.02 Å². The van der Waals surface area contributed by atoms with Crippen LogP contribution in [0.5, 0.6) is 0 Å². The number of nitrogens with zero attached hydrogens (tertiary/aromatic N) is 2. The van der Waals surface area contributed by atoms with Crippen molar-refractivity contribution in [1.29, 1.82) is 0 Å². The van der Waals surface area contributed by atoms with E-state index < -0.39 is 10.0 Å². The average Bonchev–Trinajstić information content (AvgIpc) is 3.25. The van der Waals surface area contributed by atoms with Gasteiger partial charge in [-0.05, 0) is 30.5 Å². The number of rotatable bonds is 4. The number of halogens is 1. The summed E-state index contributed by atoms with van der Waals surface area (Å²) < 4.78 is 26.1. The average molecular weight is 329 g/mol. The van der Waals surface area contributed by atoms with E-state index >= 15 is 0 Å². The first kappa shape index (κ1) is 14.8. The SMILES string of the molecule is O=C1CN(S(=O)(=O)Cc2ccc(Cl)cc2)CCN1C1CC1. The van der Waals surface area contributed by atoms with E-state index in [9.17, 15) is 13.2 Å². The third-order valence-corrected chi connectivity index (χ3v) is 5.91. The lowest BCUT2D eigenvalue weighted by Gasteiger charge is -2.33. The van der Waals surface area contributed by atoms with Crippen molar-refractivity contribution < 1.29 is 13.2 Å². The van der Waals surface area contributed by atoms with Gasteiger partial charge in [-0.2, -0.15) is 4.31 Å². The van der Waals surface area contributed by atoms with Gasteiger partial charge < -0.3 is 4.90 Å². The van der Waals surface area contributed by atoms with E-state index in [1.165, 1.54) is 4.31 Å². The lowest BCUT2D eigenvalue weighted by molar-refractivity contribution is -0.134. The zero-order valence-electron chi connectivity index (χ0n) is 11.5. The van der Waals surface area contributed by atoms with E-state index in [1.807, 2.05) is 4.90 Å². The number of carbonyl (C=O) groups is 1. The molecule has 2 aliphatic rings. The lowest BCUT2D eigenvalue weighted by atomic mass is 10.2. The quantitative estimate of drug-likeness (QED) is 0.841. The molecule has 1 aliphatic carbocycles. The van der Waals surface area contributed by atoms with E-state index in [4.69, 9.17) is 11.6 Å². The van der Waals surface area contributed by atoms with Gasteiger partial charge in [0.25, 0.3) is 0 Å². The van der Waals surface area contributed by atoms with Gasteiger partial charge in [-0.3, -0.25) is 4.79 Å². The summed E-state index contributed by atoms with van der Waals surface area (Å²) in [5.41, 5.74) is 0.677. The summed E-state index contributed by atoms with van der Waals surface area (Å²) in [7, 11) is -3.47. The fourth-order valence-corrected chi connectivity index (χ4v) is 4.15. The van der Waals surface area contributed by atoms with Crippen molar-refractivity contribution in [3.05, 3.63) is 34.9 Å². The summed E-state index contributed by atoms with van der Waals surface area (Å²) in [6, 6.07) is 7.08. The maximum absolute atomic E-state index is 12.4. The Labute approximate surface area is 129 Å². The molecule has 2 fully saturated rings. The zero-order chi connectivity index (χ0) is 15.0. The number of piperazine rings is 1. The molecule has 0 atom stereocenters. The van der Waals surface area contributed by atoms with Crippen LogP contribution in [-0.2, 0) is 20.6 Å². The van der Waals surface area contributed by atoms with Crippen LogP contribution in [0.25, 0.3) is 0 Å². The van der Waals surface area contributed by atoms with Gasteiger partial charge in [-0.15, -0.1) is 0 Å². The lowest BCUT2D eigenvalue weighted by Crippen LogP contribution is -2.53. The smallest absolute Gasteiger partial charge is 0.238 e. The second kappa shape index (κ2) is 5.59. The van der Waals surface area contributed by atoms with E-state index in [0.717, 1.165) is 12.8 Å². The molecule has 0 aromatic heterocycles. The molecular weight excluding hydrogens is 312 g/mol. The summed E-state index contributed by atoms with van der Waals surface area (Å²) in [5.74, 6) is -0.177. The Hall–Kier alpha value is -1.11. The molecule has 3 rings (SSSR count). The van der Waals surface area contributed by atoms with E-state index in [1.54, 1.807) is 24.3 Å². The van der Waals surface area contributed by atoms with Crippen molar-refractivity contribution >= 4 is 27.5 Å². The van der Waals surface area contributed by atoms with Crippen molar-refractivity contribution in [1.82, 2.24) is 9.21 Å². The van der Waals surface area contributed by atoms with Crippen LogP contribution in [0, 0.1) is 0 Å². The first-order valence-electron chi connectivity index (χ1n) is 6.97. The highest BCUT2D eigenvalue weighted by Crippen LogP contribution is 2.28. The molecule has 0 radical (unpaired) electrons. The molecule has 1 aliphatic heterocycles. The standard InChI is InChI=1S/C14H17ClN2O3S/c15-12-3-1-11(2-4-12)10-21(19,20)16-7-8-17(13-5-6-13)14(18)9-16/h1-4,13H,5-10H2. The number of amides is 1. The molecule has 5 nitrogen and oxygen atoms in total. The summed E-state index contributed by atoms with van der Waals surface area (Å²) in [5, 5.41) is 0.573. The van der Waals surface area contributed by atoms with Gasteiger partial charge in [0.15, 0.2) is 0 Å². The van der Waals surface area contributed by atoms with Gasteiger partial charge in [0.1, 0.15) is 0 Å². The minimum atomic E-state index is -3.47. The normalized spacial score (nSPS) is 20.8. The fourth-order valence-electron chi connectivity index (χ4n) is 2.56. The van der Waals surface area contributed by atoms with Crippen LogP contribution >= 0.6 is 11.6 Å². The predicted octanol–water partition coefficient (Wildman–Crippen LogP) is 1.48. The van der Waals surface area contributed by atoms with E-state index in [0.29, 0.717) is 29.7 Å². The summed E-state index contributed by atoms with van der Waals surface area (Å²) in [6.45, 7) is 0.855. The van der Waals surface area contributed by atoms with Gasteiger partial charge in [-0.1, -0.05) is 23.7 Å². The Bertz CT molecular complexity index is 641. The summed E-state index contributed by atoms with van der Waals surface area (Å²) in [4.78, 5) is 13.8. The third-order valence-electron chi connectivity index (χ3n) is 3.87. The fraction of sp³-hybridized carbons (Fsp3) is 0.500. The Morgan fingerprint density at radius 1 is 1.14 bits per heavy atom. The Kier molecular flexibility index (Phi) is 3.94. The second-order valence-electron chi connectivity index (χ2n) is 5.53. The first-order chi connectivity index (χ1) is 9.95. The molecule has 1 amide bonds. The molecule has 0 unspecified atom stereocenters. The molecule has 21 heavy (non-hydrogen) atoms. The van der Waals surface area contributed by atoms with Crippen molar-refractivity contribution in [2.75, 3.05) is 19.6 Å². The number of benzene rings is 1. The number of hydrogen-bond acceptors (Lipinski definition) is 3. The van der Waals surface area contributed by atoms with Gasteiger partial charge in [0, 0.05) is 24.2 Å². The third kappa shape index (κ3) is 3.39. The minimum Gasteiger partial charge on any atom is -0.337 e. The topological polar surface area (TPSA) is 57.7 Å². The van der Waals surface area contributed by atoms with Crippen LogP contribution in [0.3, 0.4) is 0 Å². The number of hydrogen-bond donors (Lipinski definition) is 0. The highest BCUT2D eigenvalue weighted by Gasteiger charge is 2.38. The second-order valence-corrected chi connectivity index (χ2v) is 7.94. The van der Waals surface area contributed by atoms with Crippen LogP contribution < -0.4 is 0 Å². The predicted molar refractivity (Wildman–Crippen MR) is 80.4 cm³/mol. The Morgan fingerprint density at radius 2 is 1.81 bits per heavy atom. The maximum Gasteiger partial charge on any atom is 0.238 e. The number of carbonyl (C=O) groups excluding carboxylic acids is 1. The molecule has 1 aromatic rings. The largest absolute Gasteiger partial charge is 0.337 e. The van der Waals surface area contributed by atoms with Crippen LogP contribution in [-0.4, -0.2) is 49.2 Å².